The van der Waals surface area contributed by atoms with Crippen molar-refractivity contribution in [2.75, 3.05) is 12.3 Å². The van der Waals surface area contributed by atoms with E-state index in [-0.39, 0.29) is 23.7 Å². The Labute approximate surface area is 157 Å². The van der Waals surface area contributed by atoms with Crippen molar-refractivity contribution in [2.24, 2.45) is 0 Å². The van der Waals surface area contributed by atoms with Crippen LogP contribution in [0.25, 0.3) is 11.2 Å². The van der Waals surface area contributed by atoms with E-state index in [1.54, 1.807) is 30.3 Å². The number of aliphatic hydroxyl groups is 2. The highest BCUT2D eigenvalue weighted by atomic mass is 16.6. The van der Waals surface area contributed by atoms with E-state index in [1.807, 2.05) is 0 Å². The smallest absolute Gasteiger partial charge is 0.338 e. The molecule has 1 aromatic carbocycles. The first-order valence-corrected chi connectivity index (χ1v) is 8.42. The second-order valence-electron chi connectivity index (χ2n) is 6.29. The first kappa shape index (κ1) is 18.1. The Bertz CT molecular complexity index is 1060. The topological polar surface area (TPSA) is 166 Å². The van der Waals surface area contributed by atoms with Gasteiger partial charge < -0.3 is 25.4 Å². The third kappa shape index (κ3) is 3.11. The fourth-order valence-corrected chi connectivity index (χ4v) is 3.04. The van der Waals surface area contributed by atoms with Crippen molar-refractivity contribution < 1.29 is 24.5 Å². The minimum absolute atomic E-state index is 0.0124. The van der Waals surface area contributed by atoms with Crippen molar-refractivity contribution in [3.63, 3.8) is 0 Å². The summed E-state index contributed by atoms with van der Waals surface area (Å²) in [5.74, 6) is -0.705. The molecule has 2 aromatic heterocycles. The van der Waals surface area contributed by atoms with Gasteiger partial charge in [0.25, 0.3) is 5.56 Å². The van der Waals surface area contributed by atoms with Crippen LogP contribution >= 0.6 is 0 Å². The van der Waals surface area contributed by atoms with Gasteiger partial charge >= 0.3 is 5.97 Å². The Morgan fingerprint density at radius 3 is 2.79 bits per heavy atom. The fourth-order valence-electron chi connectivity index (χ4n) is 3.04. The lowest BCUT2D eigenvalue weighted by molar-refractivity contribution is -0.0565. The number of carbonyl (C=O) groups is 1. The molecule has 1 fully saturated rings. The van der Waals surface area contributed by atoms with Crippen LogP contribution in [0.15, 0.2) is 41.5 Å². The number of nitrogens with one attached hydrogen (secondary N) is 1. The van der Waals surface area contributed by atoms with Gasteiger partial charge in [0.2, 0.25) is 5.95 Å². The third-order valence-electron chi connectivity index (χ3n) is 4.45. The average molecular weight is 387 g/mol. The molecule has 5 N–H and O–H groups in total. The molecule has 11 heteroatoms. The molecular formula is C17H17N5O6. The number of nitrogens with two attached hydrogens (primary N) is 1. The van der Waals surface area contributed by atoms with Crippen LogP contribution in [0.2, 0.25) is 0 Å². The summed E-state index contributed by atoms with van der Waals surface area (Å²) in [6.07, 6.45) is -3.50. The number of nitrogen functional groups attached to an aromatic ring is 1. The molecule has 4 atom stereocenters. The van der Waals surface area contributed by atoms with E-state index in [9.17, 15) is 19.8 Å². The molecule has 0 spiro atoms. The van der Waals surface area contributed by atoms with Gasteiger partial charge in [-0.2, -0.15) is 4.98 Å². The van der Waals surface area contributed by atoms with E-state index < -0.39 is 36.1 Å². The largest absolute Gasteiger partial charge is 0.459 e. The number of H-pyrrole nitrogens is 1. The standard InChI is InChI=1S/C17H17N5O6/c18-17-20-13-10(14(25)21-17)19-7-22(13)15-12(24)11(23)9(28-15)6-27-16(26)8-4-2-1-3-5-8/h1-5,7,9,11-12,15,23-24H,6H2,(H3,18,20,21,25)/t9-,11-,12-,15-/m1/s1. The summed E-state index contributed by atoms with van der Waals surface area (Å²) in [6.45, 7) is -0.273. The number of anilines is 1. The van der Waals surface area contributed by atoms with Crippen molar-refractivity contribution in [1.82, 2.24) is 19.5 Å². The zero-order valence-corrected chi connectivity index (χ0v) is 14.4. The molecule has 1 aliphatic rings. The summed E-state index contributed by atoms with van der Waals surface area (Å²) < 4.78 is 12.1. The number of carbonyl (C=O) groups excluding carboxylic acids is 1. The second-order valence-corrected chi connectivity index (χ2v) is 6.29. The molecule has 146 valence electrons. The zero-order chi connectivity index (χ0) is 19.8. The van der Waals surface area contributed by atoms with Gasteiger partial charge in [0, 0.05) is 0 Å². The average Bonchev–Trinajstić information content (AvgIpc) is 3.22. The Balaban J connectivity index is 1.52. The van der Waals surface area contributed by atoms with Crippen LogP contribution in [0.5, 0.6) is 0 Å². The number of ether oxygens (including phenoxy) is 2. The van der Waals surface area contributed by atoms with Crippen molar-refractivity contribution >= 4 is 23.1 Å². The summed E-state index contributed by atoms with van der Waals surface area (Å²) >= 11 is 0. The lowest BCUT2D eigenvalue weighted by Crippen LogP contribution is -2.34. The van der Waals surface area contributed by atoms with Crippen LogP contribution in [0.4, 0.5) is 5.95 Å². The SMILES string of the molecule is Nc1nc2c(ncn2[C@@H]2O[C@H](COC(=O)c3ccccc3)[C@@H](O)[C@H]2O)c(=O)[nH]1. The van der Waals surface area contributed by atoms with E-state index >= 15 is 0 Å². The molecule has 0 bridgehead atoms. The number of benzene rings is 1. The number of aromatic amines is 1. The predicted octanol–water partition coefficient (Wildman–Crippen LogP) is -0.822. The Morgan fingerprint density at radius 2 is 2.04 bits per heavy atom. The minimum atomic E-state index is -1.36. The summed E-state index contributed by atoms with van der Waals surface area (Å²) in [6, 6.07) is 8.35. The molecule has 0 aliphatic carbocycles. The number of imidazole rings is 1. The van der Waals surface area contributed by atoms with Gasteiger partial charge in [0.15, 0.2) is 17.4 Å². The quantitative estimate of drug-likeness (QED) is 0.418. The Hall–Kier alpha value is -3.28. The van der Waals surface area contributed by atoms with Gasteiger partial charge in [-0.3, -0.25) is 14.3 Å². The van der Waals surface area contributed by atoms with Gasteiger partial charge in [0.05, 0.1) is 11.9 Å². The number of aliphatic hydroxyl groups excluding tert-OH is 2. The molecule has 0 radical (unpaired) electrons. The monoisotopic (exact) mass is 387 g/mol. The Morgan fingerprint density at radius 1 is 1.29 bits per heavy atom. The maximum atomic E-state index is 12.1. The van der Waals surface area contributed by atoms with Crippen LogP contribution < -0.4 is 11.3 Å². The number of fused-ring (bicyclic) bond motifs is 1. The minimum Gasteiger partial charge on any atom is -0.459 e. The van der Waals surface area contributed by atoms with Gasteiger partial charge in [-0.05, 0) is 12.1 Å². The third-order valence-corrected chi connectivity index (χ3v) is 4.45. The lowest BCUT2D eigenvalue weighted by atomic mass is 10.1. The van der Waals surface area contributed by atoms with Gasteiger partial charge in [-0.15, -0.1) is 0 Å². The zero-order valence-electron chi connectivity index (χ0n) is 14.4. The van der Waals surface area contributed by atoms with Crippen molar-refractivity contribution in [2.45, 2.75) is 24.5 Å². The Kier molecular flexibility index (Phi) is 4.55. The molecular weight excluding hydrogens is 370 g/mol. The number of aromatic nitrogens is 4. The van der Waals surface area contributed by atoms with Crippen molar-refractivity contribution in [3.8, 4) is 0 Å². The van der Waals surface area contributed by atoms with Crippen LogP contribution in [0, 0.1) is 0 Å². The van der Waals surface area contributed by atoms with E-state index in [2.05, 4.69) is 15.0 Å². The molecule has 3 aromatic rings. The normalized spacial score (nSPS) is 24.5. The molecule has 0 saturated carbocycles. The highest BCUT2D eigenvalue weighted by Crippen LogP contribution is 2.31. The van der Waals surface area contributed by atoms with Gasteiger partial charge in [-0.25, -0.2) is 9.78 Å². The van der Waals surface area contributed by atoms with Crippen LogP contribution in [0.1, 0.15) is 16.6 Å². The van der Waals surface area contributed by atoms with E-state index in [1.165, 1.54) is 10.9 Å². The van der Waals surface area contributed by atoms with Crippen LogP contribution in [0.3, 0.4) is 0 Å². The molecule has 4 rings (SSSR count). The predicted molar refractivity (Wildman–Crippen MR) is 95.2 cm³/mol. The summed E-state index contributed by atoms with van der Waals surface area (Å²) in [5.41, 5.74) is 5.48. The molecule has 28 heavy (non-hydrogen) atoms. The molecule has 3 heterocycles. The fraction of sp³-hybridized carbons (Fsp3) is 0.294. The van der Waals surface area contributed by atoms with Crippen molar-refractivity contribution in [1.29, 1.82) is 0 Å². The highest BCUT2D eigenvalue weighted by Gasteiger charge is 2.45. The molecule has 0 unspecified atom stereocenters. The number of esters is 1. The molecule has 11 nitrogen and oxygen atoms in total. The molecule has 1 aliphatic heterocycles. The maximum Gasteiger partial charge on any atom is 0.338 e. The molecule has 0 amide bonds. The van der Waals surface area contributed by atoms with E-state index in [0.29, 0.717) is 5.56 Å². The first-order chi connectivity index (χ1) is 13.5. The van der Waals surface area contributed by atoms with Gasteiger partial charge in [-0.1, -0.05) is 18.2 Å². The number of nitrogens with zero attached hydrogens (tertiary/aromatic N) is 3. The lowest BCUT2D eigenvalue weighted by Gasteiger charge is -2.16. The number of hydrogen-bond donors (Lipinski definition) is 4. The summed E-state index contributed by atoms with van der Waals surface area (Å²) in [7, 11) is 0. The number of rotatable bonds is 4. The maximum absolute atomic E-state index is 12.1. The van der Waals surface area contributed by atoms with Gasteiger partial charge in [0.1, 0.15) is 24.9 Å². The molecule has 1 saturated heterocycles. The second kappa shape index (κ2) is 7.03. The van der Waals surface area contributed by atoms with Crippen LogP contribution in [-0.4, -0.2) is 60.6 Å². The van der Waals surface area contributed by atoms with Crippen molar-refractivity contribution in [3.05, 3.63) is 52.6 Å². The first-order valence-electron chi connectivity index (χ1n) is 8.42. The number of hydrogen-bond acceptors (Lipinski definition) is 9. The van der Waals surface area contributed by atoms with E-state index in [0.717, 1.165) is 0 Å². The summed E-state index contributed by atoms with van der Waals surface area (Å²) in [5, 5.41) is 20.6. The van der Waals surface area contributed by atoms with Crippen LogP contribution in [-0.2, 0) is 9.47 Å². The highest BCUT2D eigenvalue weighted by molar-refractivity contribution is 5.89. The van der Waals surface area contributed by atoms with E-state index in [4.69, 9.17) is 15.2 Å². The summed E-state index contributed by atoms with van der Waals surface area (Å²) in [4.78, 5) is 34.2.